The minimum Gasteiger partial charge on any atom is -0.490 e. The van der Waals surface area contributed by atoms with E-state index in [4.69, 9.17) is 16.3 Å². The highest BCUT2D eigenvalue weighted by molar-refractivity contribution is 6.29. The maximum Gasteiger partial charge on any atom is 0.310 e. The molecule has 0 saturated heterocycles. The molecule has 0 fully saturated rings. The molecule has 0 aromatic heterocycles. The first-order chi connectivity index (χ1) is 8.45. The fraction of sp³-hybridized carbons (Fsp3) is 0.182. The van der Waals surface area contributed by atoms with Gasteiger partial charge in [-0.3, -0.25) is 14.9 Å². The fourth-order valence-electron chi connectivity index (χ4n) is 1.25. The molecule has 1 rings (SSSR count). The van der Waals surface area contributed by atoms with Crippen LogP contribution in [0.3, 0.4) is 0 Å². The maximum atomic E-state index is 11.7. The quantitative estimate of drug-likeness (QED) is 0.656. The molecule has 0 aliphatic carbocycles. The molecule has 1 aromatic carbocycles. The van der Waals surface area contributed by atoms with Crippen molar-refractivity contribution in [1.29, 1.82) is 0 Å². The molecule has 18 heavy (non-hydrogen) atoms. The van der Waals surface area contributed by atoms with Crippen molar-refractivity contribution in [2.45, 2.75) is 0 Å². The van der Waals surface area contributed by atoms with Gasteiger partial charge >= 0.3 is 5.69 Å². The average molecular weight is 271 g/mol. The van der Waals surface area contributed by atoms with Crippen LogP contribution in [0.4, 0.5) is 5.69 Å². The van der Waals surface area contributed by atoms with Gasteiger partial charge in [-0.25, -0.2) is 0 Å². The zero-order valence-corrected chi connectivity index (χ0v) is 10.4. The summed E-state index contributed by atoms with van der Waals surface area (Å²) >= 11 is 5.51. The molecular formula is C11H11ClN2O4. The number of rotatable bonds is 5. The molecule has 1 aromatic rings. The normalized spacial score (nSPS) is 9.67. The predicted molar refractivity (Wildman–Crippen MR) is 67.0 cm³/mol. The Kier molecular flexibility index (Phi) is 4.67. The van der Waals surface area contributed by atoms with Crippen molar-refractivity contribution in [3.63, 3.8) is 0 Å². The largest absolute Gasteiger partial charge is 0.490 e. The average Bonchev–Trinajstić information content (AvgIpc) is 2.34. The van der Waals surface area contributed by atoms with Crippen LogP contribution in [0.15, 0.2) is 29.8 Å². The smallest absolute Gasteiger partial charge is 0.310 e. The zero-order valence-electron chi connectivity index (χ0n) is 9.60. The number of carbonyl (C=O) groups is 1. The predicted octanol–water partition coefficient (Wildman–Crippen LogP) is 2.09. The maximum absolute atomic E-state index is 11.7. The molecule has 0 unspecified atom stereocenters. The van der Waals surface area contributed by atoms with Crippen LogP contribution in [0, 0.1) is 10.1 Å². The first-order valence-electron chi connectivity index (χ1n) is 4.89. The number of hydrogen-bond donors (Lipinski definition) is 1. The first kappa shape index (κ1) is 14.0. The number of nitro benzene ring substituents is 1. The van der Waals surface area contributed by atoms with Gasteiger partial charge in [-0.05, 0) is 6.07 Å². The Morgan fingerprint density at radius 3 is 2.78 bits per heavy atom. The van der Waals surface area contributed by atoms with Crippen molar-refractivity contribution >= 4 is 23.2 Å². The molecular weight excluding hydrogens is 260 g/mol. The number of halogens is 1. The van der Waals surface area contributed by atoms with Crippen LogP contribution in [0.5, 0.6) is 5.75 Å². The molecule has 0 bridgehead atoms. The summed E-state index contributed by atoms with van der Waals surface area (Å²) in [6.07, 6.45) is 0. The van der Waals surface area contributed by atoms with E-state index in [0.29, 0.717) is 0 Å². The third kappa shape index (κ3) is 3.46. The summed E-state index contributed by atoms with van der Waals surface area (Å²) in [6, 6.07) is 3.85. The third-order valence-corrected chi connectivity index (χ3v) is 2.21. The third-order valence-electron chi connectivity index (χ3n) is 2.08. The van der Waals surface area contributed by atoms with Crippen LogP contribution < -0.4 is 10.1 Å². The number of nitrogens with zero attached hydrogens (tertiary/aromatic N) is 1. The molecule has 0 atom stereocenters. The van der Waals surface area contributed by atoms with E-state index in [1.165, 1.54) is 25.3 Å². The molecule has 0 saturated carbocycles. The molecule has 6 nitrogen and oxygen atoms in total. The van der Waals surface area contributed by atoms with Gasteiger partial charge < -0.3 is 10.1 Å². The Morgan fingerprint density at radius 1 is 1.61 bits per heavy atom. The van der Waals surface area contributed by atoms with Gasteiger partial charge in [-0.15, -0.1) is 0 Å². The van der Waals surface area contributed by atoms with E-state index in [0.717, 1.165) is 0 Å². The Balaban J connectivity index is 2.94. The van der Waals surface area contributed by atoms with E-state index in [9.17, 15) is 14.9 Å². The lowest BCUT2D eigenvalue weighted by Crippen LogP contribution is -2.24. The van der Waals surface area contributed by atoms with Gasteiger partial charge in [0.1, 0.15) is 0 Å². The molecule has 0 radical (unpaired) electrons. The van der Waals surface area contributed by atoms with Crippen molar-refractivity contribution in [1.82, 2.24) is 5.32 Å². The Bertz CT molecular complexity index is 502. The van der Waals surface area contributed by atoms with Gasteiger partial charge in [0, 0.05) is 22.7 Å². The number of amides is 1. The number of ether oxygens (including phenoxy) is 1. The van der Waals surface area contributed by atoms with Crippen LogP contribution >= 0.6 is 11.6 Å². The van der Waals surface area contributed by atoms with Crippen LogP contribution in [-0.4, -0.2) is 24.5 Å². The van der Waals surface area contributed by atoms with Crippen molar-refractivity contribution in [3.8, 4) is 5.75 Å². The number of nitro groups is 1. The van der Waals surface area contributed by atoms with E-state index in [1.807, 2.05) is 0 Å². The first-order valence-corrected chi connectivity index (χ1v) is 5.27. The lowest BCUT2D eigenvalue weighted by atomic mass is 10.1. The monoisotopic (exact) mass is 270 g/mol. The highest BCUT2D eigenvalue weighted by Crippen LogP contribution is 2.27. The molecule has 0 heterocycles. The lowest BCUT2D eigenvalue weighted by molar-refractivity contribution is -0.385. The van der Waals surface area contributed by atoms with E-state index in [1.54, 1.807) is 0 Å². The standard InChI is InChI=1S/C11H11ClN2O4/c1-7(12)6-13-11(15)8-3-4-9(14(16)17)10(5-8)18-2/h3-5H,1,6H2,2H3,(H,13,15). The van der Waals surface area contributed by atoms with E-state index in [-0.39, 0.29) is 28.6 Å². The van der Waals surface area contributed by atoms with Crippen molar-refractivity contribution < 1.29 is 14.5 Å². The summed E-state index contributed by atoms with van der Waals surface area (Å²) in [6.45, 7) is 3.55. The number of carbonyl (C=O) groups excluding carboxylic acids is 1. The summed E-state index contributed by atoms with van der Waals surface area (Å²) in [5, 5.41) is 13.5. The van der Waals surface area contributed by atoms with Crippen LogP contribution in [-0.2, 0) is 0 Å². The summed E-state index contributed by atoms with van der Waals surface area (Å²) in [5.74, 6) is -0.387. The van der Waals surface area contributed by atoms with Gasteiger partial charge in [0.25, 0.3) is 5.91 Å². The number of nitrogens with one attached hydrogen (secondary N) is 1. The Labute approximate surface area is 108 Å². The summed E-state index contributed by atoms with van der Waals surface area (Å²) in [4.78, 5) is 21.8. The van der Waals surface area contributed by atoms with Gasteiger partial charge in [-0.1, -0.05) is 18.2 Å². The van der Waals surface area contributed by atoms with Crippen molar-refractivity contribution in [2.24, 2.45) is 0 Å². The van der Waals surface area contributed by atoms with Crippen molar-refractivity contribution in [3.05, 3.63) is 45.5 Å². The topological polar surface area (TPSA) is 81.5 Å². The minimum atomic E-state index is -0.582. The summed E-state index contributed by atoms with van der Waals surface area (Å²) < 4.78 is 4.86. The van der Waals surface area contributed by atoms with E-state index < -0.39 is 10.8 Å². The molecule has 0 spiro atoms. The Morgan fingerprint density at radius 2 is 2.28 bits per heavy atom. The van der Waals surface area contributed by atoms with Gasteiger partial charge in [0.05, 0.1) is 18.6 Å². The van der Waals surface area contributed by atoms with Gasteiger partial charge in [0.15, 0.2) is 5.75 Å². The molecule has 1 N–H and O–H groups in total. The molecule has 96 valence electrons. The van der Waals surface area contributed by atoms with Crippen LogP contribution in [0.2, 0.25) is 0 Å². The zero-order chi connectivity index (χ0) is 13.7. The van der Waals surface area contributed by atoms with E-state index >= 15 is 0 Å². The molecule has 0 aliphatic rings. The van der Waals surface area contributed by atoms with Crippen LogP contribution in [0.1, 0.15) is 10.4 Å². The number of benzene rings is 1. The van der Waals surface area contributed by atoms with Crippen molar-refractivity contribution in [2.75, 3.05) is 13.7 Å². The fourth-order valence-corrected chi connectivity index (χ4v) is 1.31. The minimum absolute atomic E-state index is 0.0253. The highest BCUT2D eigenvalue weighted by Gasteiger charge is 2.17. The second kappa shape index (κ2) is 6.02. The van der Waals surface area contributed by atoms with Gasteiger partial charge in [0.2, 0.25) is 0 Å². The molecule has 0 aliphatic heterocycles. The second-order valence-electron chi connectivity index (χ2n) is 3.34. The Hall–Kier alpha value is -2.08. The molecule has 1 amide bonds. The summed E-state index contributed by atoms with van der Waals surface area (Å²) in [7, 11) is 1.30. The second-order valence-corrected chi connectivity index (χ2v) is 3.88. The SMILES string of the molecule is C=C(Cl)CNC(=O)c1ccc([N+](=O)[O-])c(OC)c1. The van der Waals surface area contributed by atoms with Gasteiger partial charge in [-0.2, -0.15) is 0 Å². The number of hydrogen-bond acceptors (Lipinski definition) is 4. The van der Waals surface area contributed by atoms with Crippen LogP contribution in [0.25, 0.3) is 0 Å². The summed E-state index contributed by atoms with van der Waals surface area (Å²) in [5.41, 5.74) is 0.0474. The lowest BCUT2D eigenvalue weighted by Gasteiger charge is -2.06. The number of methoxy groups -OCH3 is 1. The van der Waals surface area contributed by atoms with E-state index in [2.05, 4.69) is 11.9 Å². The molecule has 7 heteroatoms. The highest BCUT2D eigenvalue weighted by atomic mass is 35.5.